The lowest BCUT2D eigenvalue weighted by atomic mass is 10.0. The third-order valence-electron chi connectivity index (χ3n) is 4.17. The molecule has 2 rings (SSSR count). The summed E-state index contributed by atoms with van der Waals surface area (Å²) in [5.41, 5.74) is -0.130. The molecule has 1 amide bonds. The van der Waals surface area contributed by atoms with E-state index in [0.29, 0.717) is 6.04 Å². The Bertz CT molecular complexity index is 290. The van der Waals surface area contributed by atoms with Crippen LogP contribution in [-0.2, 0) is 9.53 Å². The zero-order valence-corrected chi connectivity index (χ0v) is 11.6. The standard InChI is InChI=1S/C14H26N2O2/c1-11-4-3-5-12(7-6-11)16-13(17)8-18-14(2)9-15-10-14/h11-12,15H,3-10H2,1-2H3,(H,16,17). The van der Waals surface area contributed by atoms with Gasteiger partial charge in [-0.25, -0.2) is 0 Å². The van der Waals surface area contributed by atoms with Gasteiger partial charge in [-0.2, -0.15) is 0 Å². The van der Waals surface area contributed by atoms with Crippen LogP contribution in [0.25, 0.3) is 0 Å². The van der Waals surface area contributed by atoms with Crippen molar-refractivity contribution in [2.75, 3.05) is 19.7 Å². The van der Waals surface area contributed by atoms with Crippen LogP contribution in [0.15, 0.2) is 0 Å². The Balaban J connectivity index is 1.66. The molecule has 4 heteroatoms. The Labute approximate surface area is 110 Å². The summed E-state index contributed by atoms with van der Waals surface area (Å²) in [5.74, 6) is 0.853. The molecule has 2 unspecified atom stereocenters. The van der Waals surface area contributed by atoms with Crippen molar-refractivity contribution in [2.24, 2.45) is 5.92 Å². The van der Waals surface area contributed by atoms with Crippen molar-refractivity contribution in [3.8, 4) is 0 Å². The van der Waals surface area contributed by atoms with Gasteiger partial charge < -0.3 is 15.4 Å². The fourth-order valence-electron chi connectivity index (χ4n) is 2.72. The fraction of sp³-hybridized carbons (Fsp3) is 0.929. The first-order valence-electron chi connectivity index (χ1n) is 7.21. The Kier molecular flexibility index (Phi) is 4.62. The van der Waals surface area contributed by atoms with Gasteiger partial charge in [0.25, 0.3) is 0 Å². The van der Waals surface area contributed by atoms with E-state index in [2.05, 4.69) is 17.6 Å². The molecule has 0 bridgehead atoms. The van der Waals surface area contributed by atoms with E-state index in [1.165, 1.54) is 19.3 Å². The molecule has 104 valence electrons. The third-order valence-corrected chi connectivity index (χ3v) is 4.17. The molecule has 1 aliphatic heterocycles. The predicted octanol–water partition coefficient (Wildman–Crippen LogP) is 1.45. The van der Waals surface area contributed by atoms with Gasteiger partial charge in [0.2, 0.25) is 5.91 Å². The minimum Gasteiger partial charge on any atom is -0.363 e. The third kappa shape index (κ3) is 3.95. The molecule has 2 atom stereocenters. The molecule has 0 spiro atoms. The monoisotopic (exact) mass is 254 g/mol. The maximum absolute atomic E-state index is 11.8. The quantitative estimate of drug-likeness (QED) is 0.747. The first-order chi connectivity index (χ1) is 8.57. The summed E-state index contributed by atoms with van der Waals surface area (Å²) in [6, 6.07) is 0.360. The van der Waals surface area contributed by atoms with Crippen molar-refractivity contribution >= 4 is 5.91 Å². The van der Waals surface area contributed by atoms with Gasteiger partial charge in [0, 0.05) is 19.1 Å². The lowest BCUT2D eigenvalue weighted by molar-refractivity contribution is -0.136. The number of ether oxygens (including phenoxy) is 1. The molecule has 2 fully saturated rings. The molecule has 0 aromatic carbocycles. The van der Waals surface area contributed by atoms with Crippen molar-refractivity contribution < 1.29 is 9.53 Å². The maximum Gasteiger partial charge on any atom is 0.246 e. The normalized spacial score (nSPS) is 31.2. The molecule has 18 heavy (non-hydrogen) atoms. The summed E-state index contributed by atoms with van der Waals surface area (Å²) in [4.78, 5) is 11.8. The summed E-state index contributed by atoms with van der Waals surface area (Å²) in [6.07, 6.45) is 6.00. The molecule has 2 aliphatic rings. The van der Waals surface area contributed by atoms with Crippen molar-refractivity contribution in [1.29, 1.82) is 0 Å². The van der Waals surface area contributed by atoms with Gasteiger partial charge in [0.15, 0.2) is 0 Å². The van der Waals surface area contributed by atoms with Gasteiger partial charge in [-0.05, 0) is 32.1 Å². The molecule has 1 heterocycles. The highest BCUT2D eigenvalue weighted by molar-refractivity contribution is 5.77. The first-order valence-corrected chi connectivity index (χ1v) is 7.21. The summed E-state index contributed by atoms with van der Waals surface area (Å²) >= 11 is 0. The predicted molar refractivity (Wildman–Crippen MR) is 71.4 cm³/mol. The minimum absolute atomic E-state index is 0.0441. The molecule has 2 N–H and O–H groups in total. The summed E-state index contributed by atoms with van der Waals surface area (Å²) in [6.45, 7) is 6.24. The SMILES string of the molecule is CC1CCCC(NC(=O)COC2(C)CNC2)CC1. The van der Waals surface area contributed by atoms with Crippen LogP contribution >= 0.6 is 0 Å². The molecule has 4 nitrogen and oxygen atoms in total. The Hall–Kier alpha value is -0.610. The topological polar surface area (TPSA) is 50.4 Å². The van der Waals surface area contributed by atoms with Crippen molar-refractivity contribution in [2.45, 2.75) is 57.6 Å². The smallest absolute Gasteiger partial charge is 0.246 e. The largest absolute Gasteiger partial charge is 0.363 e. The number of rotatable bonds is 4. The number of hydrogen-bond donors (Lipinski definition) is 2. The molecular formula is C14H26N2O2. The Morgan fingerprint density at radius 3 is 2.78 bits per heavy atom. The van der Waals surface area contributed by atoms with Gasteiger partial charge in [0.05, 0.1) is 5.60 Å². The maximum atomic E-state index is 11.8. The minimum atomic E-state index is -0.130. The number of amides is 1. The Morgan fingerprint density at radius 1 is 1.33 bits per heavy atom. The van der Waals surface area contributed by atoms with Crippen LogP contribution < -0.4 is 10.6 Å². The van der Waals surface area contributed by atoms with E-state index in [0.717, 1.165) is 31.8 Å². The number of carbonyl (C=O) groups is 1. The van der Waals surface area contributed by atoms with Gasteiger partial charge in [-0.1, -0.05) is 19.8 Å². The van der Waals surface area contributed by atoms with Gasteiger partial charge >= 0.3 is 0 Å². The second-order valence-electron chi connectivity index (χ2n) is 6.22. The highest BCUT2D eigenvalue weighted by Crippen LogP contribution is 2.22. The molecule has 0 aromatic heterocycles. The second-order valence-corrected chi connectivity index (χ2v) is 6.22. The fourth-order valence-corrected chi connectivity index (χ4v) is 2.72. The van der Waals surface area contributed by atoms with Crippen LogP contribution in [0, 0.1) is 5.92 Å². The van der Waals surface area contributed by atoms with Gasteiger partial charge in [0.1, 0.15) is 6.61 Å². The molecule has 0 aromatic rings. The van der Waals surface area contributed by atoms with Crippen molar-refractivity contribution in [1.82, 2.24) is 10.6 Å². The lowest BCUT2D eigenvalue weighted by Gasteiger charge is -2.38. The average Bonchev–Trinajstić information content (AvgIpc) is 2.49. The van der Waals surface area contributed by atoms with Crippen LogP contribution in [0.3, 0.4) is 0 Å². The number of carbonyl (C=O) groups excluding carboxylic acids is 1. The molecule has 1 saturated heterocycles. The van der Waals surface area contributed by atoms with Crippen molar-refractivity contribution in [3.05, 3.63) is 0 Å². The average molecular weight is 254 g/mol. The van der Waals surface area contributed by atoms with E-state index in [1.54, 1.807) is 0 Å². The highest BCUT2D eigenvalue weighted by Gasteiger charge is 2.33. The van der Waals surface area contributed by atoms with Gasteiger partial charge in [-0.15, -0.1) is 0 Å². The zero-order valence-electron chi connectivity index (χ0n) is 11.6. The van der Waals surface area contributed by atoms with Crippen molar-refractivity contribution in [3.63, 3.8) is 0 Å². The number of hydrogen-bond acceptors (Lipinski definition) is 3. The zero-order chi connectivity index (χ0) is 13.0. The summed E-state index contributed by atoms with van der Waals surface area (Å²) < 4.78 is 5.65. The summed E-state index contributed by atoms with van der Waals surface area (Å²) in [5, 5.41) is 6.28. The highest BCUT2D eigenvalue weighted by atomic mass is 16.5. The van der Waals surface area contributed by atoms with Crippen LogP contribution in [0.4, 0.5) is 0 Å². The molecule has 1 saturated carbocycles. The lowest BCUT2D eigenvalue weighted by Crippen LogP contribution is -2.59. The molecule has 0 radical (unpaired) electrons. The van der Waals surface area contributed by atoms with Crippen LogP contribution in [0.2, 0.25) is 0 Å². The molecular weight excluding hydrogens is 228 g/mol. The van der Waals surface area contributed by atoms with Gasteiger partial charge in [-0.3, -0.25) is 4.79 Å². The Morgan fingerprint density at radius 2 is 2.11 bits per heavy atom. The van der Waals surface area contributed by atoms with E-state index in [9.17, 15) is 4.79 Å². The first kappa shape index (κ1) is 13.8. The molecule has 1 aliphatic carbocycles. The van der Waals surface area contributed by atoms with E-state index < -0.39 is 0 Å². The van der Waals surface area contributed by atoms with Crippen LogP contribution in [0.5, 0.6) is 0 Å². The van der Waals surface area contributed by atoms with E-state index in [1.807, 2.05) is 6.92 Å². The van der Waals surface area contributed by atoms with E-state index >= 15 is 0 Å². The van der Waals surface area contributed by atoms with E-state index in [-0.39, 0.29) is 18.1 Å². The van der Waals surface area contributed by atoms with Crippen LogP contribution in [0.1, 0.15) is 46.0 Å². The van der Waals surface area contributed by atoms with E-state index in [4.69, 9.17) is 4.74 Å². The summed E-state index contributed by atoms with van der Waals surface area (Å²) in [7, 11) is 0. The van der Waals surface area contributed by atoms with Crippen LogP contribution in [-0.4, -0.2) is 37.2 Å². The second kappa shape index (κ2) is 6.02. The number of nitrogens with one attached hydrogen (secondary N) is 2.